The van der Waals surface area contributed by atoms with Crippen LogP contribution < -0.4 is 0 Å². The molecule has 0 saturated heterocycles. The Bertz CT molecular complexity index is 377. The molecule has 0 aliphatic rings. The second-order valence-electron chi connectivity index (χ2n) is 5.33. The fraction of sp³-hybridized carbons (Fsp3) is 0.615. The van der Waals surface area contributed by atoms with Gasteiger partial charge in [-0.3, -0.25) is 5.87 Å². The first-order chi connectivity index (χ1) is 7.61. The van der Waals surface area contributed by atoms with Crippen LogP contribution in [0.25, 0.3) is 5.41 Å². The number of nitrogens with zero attached hydrogens (tertiary/aromatic N) is 2. The maximum absolute atomic E-state index is 9.20. The van der Waals surface area contributed by atoms with E-state index in [2.05, 4.69) is 5.87 Å². The standard InChI is InChI=1S/C13H21N2S2/c1-9(2)11(15(6)7)17-12(16)10(8-14)13(3,4)5/h1-7H3/q-1. The Hall–Kier alpha value is -0.570. The van der Waals surface area contributed by atoms with Gasteiger partial charge in [0.25, 0.3) is 0 Å². The largest absolute Gasteiger partial charge is 0.763 e. The molecule has 17 heavy (non-hydrogen) atoms. The van der Waals surface area contributed by atoms with E-state index in [1.54, 1.807) is 0 Å². The predicted molar refractivity (Wildman–Crippen MR) is 83.6 cm³/mol. The highest BCUT2D eigenvalue weighted by Gasteiger charge is 2.21. The zero-order valence-electron chi connectivity index (χ0n) is 11.7. The smallest absolute Gasteiger partial charge is 0.0863 e. The molecular formula is C13H21N2S2-. The van der Waals surface area contributed by atoms with Gasteiger partial charge in [0.15, 0.2) is 0 Å². The highest BCUT2D eigenvalue weighted by Crippen LogP contribution is 2.33. The van der Waals surface area contributed by atoms with Crippen molar-refractivity contribution in [2.75, 3.05) is 14.1 Å². The number of hydrogen-bond donors (Lipinski definition) is 0. The van der Waals surface area contributed by atoms with E-state index in [4.69, 9.17) is 12.2 Å². The average Bonchev–Trinajstić information content (AvgIpc) is 2.11. The molecular weight excluding hydrogens is 248 g/mol. The van der Waals surface area contributed by atoms with Crippen LogP contribution in [0, 0.1) is 5.41 Å². The van der Waals surface area contributed by atoms with Crippen LogP contribution in [0.1, 0.15) is 34.6 Å². The fourth-order valence-electron chi connectivity index (χ4n) is 1.30. The van der Waals surface area contributed by atoms with Crippen molar-refractivity contribution in [1.29, 1.82) is 0 Å². The zero-order valence-corrected chi connectivity index (χ0v) is 13.3. The zero-order chi connectivity index (χ0) is 13.8. The summed E-state index contributed by atoms with van der Waals surface area (Å²) in [5, 5.41) is 10.3. The average molecular weight is 269 g/mol. The summed E-state index contributed by atoms with van der Waals surface area (Å²) in [7, 11) is 3.97. The molecule has 0 aliphatic carbocycles. The van der Waals surface area contributed by atoms with Crippen LogP contribution in [0.15, 0.2) is 16.2 Å². The molecule has 0 aromatic heterocycles. The van der Waals surface area contributed by atoms with Crippen molar-refractivity contribution in [3.8, 4) is 0 Å². The van der Waals surface area contributed by atoms with Crippen molar-refractivity contribution >= 4 is 34.0 Å². The van der Waals surface area contributed by atoms with Gasteiger partial charge >= 0.3 is 0 Å². The van der Waals surface area contributed by atoms with E-state index in [1.807, 2.05) is 53.6 Å². The van der Waals surface area contributed by atoms with Crippen molar-refractivity contribution < 1.29 is 0 Å². The van der Waals surface area contributed by atoms with Crippen molar-refractivity contribution in [2.24, 2.45) is 5.41 Å². The Morgan fingerprint density at radius 3 is 1.94 bits per heavy atom. The van der Waals surface area contributed by atoms with E-state index in [-0.39, 0.29) is 5.41 Å². The Kier molecular flexibility index (Phi) is 6.17. The van der Waals surface area contributed by atoms with E-state index in [0.29, 0.717) is 9.77 Å². The molecule has 0 bridgehead atoms. The second-order valence-corrected chi connectivity index (χ2v) is 6.99. The Morgan fingerprint density at radius 2 is 1.71 bits per heavy atom. The molecule has 4 heteroatoms. The molecule has 0 N–H and O–H groups in total. The minimum atomic E-state index is -0.197. The lowest BCUT2D eigenvalue weighted by atomic mass is 9.88. The second kappa shape index (κ2) is 6.39. The highest BCUT2D eigenvalue weighted by atomic mass is 32.2. The number of thiocarbonyl (C=S) groups is 1. The van der Waals surface area contributed by atoms with E-state index in [1.165, 1.54) is 17.3 Å². The number of thioether (sulfide) groups is 1. The molecule has 0 unspecified atom stereocenters. The molecule has 0 heterocycles. The molecule has 2 nitrogen and oxygen atoms in total. The van der Waals surface area contributed by atoms with Crippen LogP contribution in [0.4, 0.5) is 0 Å². The summed E-state index contributed by atoms with van der Waals surface area (Å²) in [6, 6.07) is 0. The highest BCUT2D eigenvalue weighted by molar-refractivity contribution is 8.26. The Balaban J connectivity index is 5.13. The normalized spacial score (nSPS) is 10.5. The lowest BCUT2D eigenvalue weighted by Crippen LogP contribution is -2.18. The molecule has 0 fully saturated rings. The topological polar surface area (TPSA) is 25.5 Å². The Labute approximate surface area is 115 Å². The summed E-state index contributed by atoms with van der Waals surface area (Å²) < 4.78 is 0.671. The first kappa shape index (κ1) is 16.4. The van der Waals surface area contributed by atoms with E-state index < -0.39 is 0 Å². The third-order valence-corrected chi connectivity index (χ3v) is 3.90. The monoisotopic (exact) mass is 269 g/mol. The molecule has 0 aromatic rings. The summed E-state index contributed by atoms with van der Waals surface area (Å²) in [5.74, 6) is 2.24. The first-order valence-corrected chi connectivity index (χ1v) is 6.68. The maximum atomic E-state index is 9.20. The third kappa shape index (κ3) is 5.07. The van der Waals surface area contributed by atoms with Gasteiger partial charge in [0.1, 0.15) is 0 Å². The van der Waals surface area contributed by atoms with Gasteiger partial charge in [-0.05, 0) is 24.8 Å². The van der Waals surface area contributed by atoms with Crippen molar-refractivity contribution in [3.63, 3.8) is 0 Å². The van der Waals surface area contributed by atoms with Crippen LogP contribution in [0.2, 0.25) is 0 Å². The summed E-state index contributed by atoms with van der Waals surface area (Å²) >= 11 is 6.88. The van der Waals surface area contributed by atoms with Gasteiger partial charge in [-0.2, -0.15) is 0 Å². The van der Waals surface area contributed by atoms with Crippen molar-refractivity contribution in [3.05, 3.63) is 21.6 Å². The summed E-state index contributed by atoms with van der Waals surface area (Å²) in [4.78, 5) is 2.03. The molecule has 0 aliphatic heterocycles. The predicted octanol–water partition coefficient (Wildman–Crippen LogP) is 4.07. The molecule has 0 aromatic carbocycles. The minimum Gasteiger partial charge on any atom is -0.763 e. The Morgan fingerprint density at radius 1 is 1.24 bits per heavy atom. The SMILES string of the molecule is CC(C)=C(SC(=S)C(=C=[N-])C(C)(C)C)N(C)C. The maximum Gasteiger partial charge on any atom is 0.0863 e. The van der Waals surface area contributed by atoms with Gasteiger partial charge in [-0.25, -0.2) is 0 Å². The lowest BCUT2D eigenvalue weighted by molar-refractivity contribution is 0.532. The van der Waals surface area contributed by atoms with E-state index in [9.17, 15) is 5.41 Å². The molecule has 0 radical (unpaired) electrons. The molecule has 0 spiro atoms. The molecule has 0 amide bonds. The van der Waals surface area contributed by atoms with E-state index in [0.717, 1.165) is 5.03 Å². The van der Waals surface area contributed by atoms with Crippen LogP contribution in [-0.4, -0.2) is 29.1 Å². The quantitative estimate of drug-likeness (QED) is 0.439. The summed E-state index contributed by atoms with van der Waals surface area (Å²) in [6.45, 7) is 10.1. The van der Waals surface area contributed by atoms with Crippen molar-refractivity contribution in [2.45, 2.75) is 34.6 Å². The van der Waals surface area contributed by atoms with Crippen LogP contribution in [-0.2, 0) is 0 Å². The van der Waals surface area contributed by atoms with Gasteiger partial charge in [-0.15, -0.1) is 0 Å². The van der Waals surface area contributed by atoms with Gasteiger partial charge in [-0.1, -0.05) is 44.8 Å². The summed E-state index contributed by atoms with van der Waals surface area (Å²) in [5.41, 5.74) is 1.68. The van der Waals surface area contributed by atoms with Gasteiger partial charge in [0.2, 0.25) is 0 Å². The molecule has 0 rings (SSSR count). The van der Waals surface area contributed by atoms with Gasteiger partial charge < -0.3 is 10.3 Å². The van der Waals surface area contributed by atoms with Gasteiger partial charge in [0, 0.05) is 19.7 Å². The minimum absolute atomic E-state index is 0.197. The number of allylic oxidation sites excluding steroid dienone is 1. The van der Waals surface area contributed by atoms with Crippen LogP contribution in [0.5, 0.6) is 0 Å². The number of rotatable bonds is 3. The molecule has 0 saturated carbocycles. The fourth-order valence-corrected chi connectivity index (χ4v) is 2.90. The van der Waals surface area contributed by atoms with Crippen LogP contribution in [0.3, 0.4) is 0 Å². The first-order valence-electron chi connectivity index (χ1n) is 5.45. The van der Waals surface area contributed by atoms with Crippen LogP contribution >= 0.6 is 24.0 Å². The van der Waals surface area contributed by atoms with Crippen molar-refractivity contribution in [1.82, 2.24) is 4.90 Å². The summed E-state index contributed by atoms with van der Waals surface area (Å²) in [6.07, 6.45) is 0. The third-order valence-electron chi connectivity index (χ3n) is 2.09. The van der Waals surface area contributed by atoms with E-state index >= 15 is 0 Å². The number of hydrogen-bond acceptors (Lipinski definition) is 3. The van der Waals surface area contributed by atoms with Gasteiger partial charge in [0.05, 0.1) is 9.23 Å². The molecule has 0 atom stereocenters. The lowest BCUT2D eigenvalue weighted by Gasteiger charge is -2.25. The molecule has 96 valence electrons.